The summed E-state index contributed by atoms with van der Waals surface area (Å²) in [5.41, 5.74) is 2.01. The summed E-state index contributed by atoms with van der Waals surface area (Å²) in [7, 11) is 1.62. The Morgan fingerprint density at radius 1 is 0.941 bits per heavy atom. The molecule has 6 nitrogen and oxygen atoms in total. The molecular formula is C27H29ClN2O4. The number of benzene rings is 3. The molecule has 7 heteroatoms. The predicted octanol–water partition coefficient (Wildman–Crippen LogP) is 4.50. The van der Waals surface area contributed by atoms with Crippen molar-refractivity contribution in [3.8, 4) is 11.5 Å². The van der Waals surface area contributed by atoms with E-state index >= 15 is 0 Å². The van der Waals surface area contributed by atoms with Gasteiger partial charge in [0.05, 0.1) is 12.1 Å². The van der Waals surface area contributed by atoms with Crippen LogP contribution in [0.3, 0.4) is 0 Å². The van der Waals surface area contributed by atoms with Gasteiger partial charge in [-0.2, -0.15) is 0 Å². The number of para-hydroxylation sites is 1. The van der Waals surface area contributed by atoms with Crippen LogP contribution in [-0.4, -0.2) is 43.0 Å². The van der Waals surface area contributed by atoms with Crippen molar-refractivity contribution in [2.75, 3.05) is 20.3 Å². The van der Waals surface area contributed by atoms with Gasteiger partial charge in [0.1, 0.15) is 17.5 Å². The molecule has 0 aliphatic rings. The van der Waals surface area contributed by atoms with Crippen LogP contribution in [0.4, 0.5) is 0 Å². The van der Waals surface area contributed by atoms with Crippen molar-refractivity contribution in [3.63, 3.8) is 0 Å². The Labute approximate surface area is 205 Å². The Balaban J connectivity index is 1.62. The second-order valence-corrected chi connectivity index (χ2v) is 8.20. The van der Waals surface area contributed by atoms with Gasteiger partial charge in [0, 0.05) is 13.1 Å². The maximum atomic E-state index is 13.1. The molecule has 1 N–H and O–H groups in total. The third-order valence-electron chi connectivity index (χ3n) is 5.42. The number of nitrogens with zero attached hydrogens (tertiary/aromatic N) is 1. The fraction of sp³-hybridized carbons (Fsp3) is 0.259. The highest BCUT2D eigenvalue weighted by Crippen LogP contribution is 2.23. The number of nitrogens with one attached hydrogen (secondary N) is 1. The van der Waals surface area contributed by atoms with Crippen molar-refractivity contribution >= 4 is 23.4 Å². The number of methoxy groups -OCH3 is 1. The van der Waals surface area contributed by atoms with Crippen molar-refractivity contribution in [3.05, 3.63) is 95.0 Å². The number of hydrogen-bond acceptors (Lipinski definition) is 4. The summed E-state index contributed by atoms with van der Waals surface area (Å²) >= 11 is 6.13. The molecule has 0 saturated heterocycles. The normalized spacial score (nSPS) is 11.4. The zero-order chi connectivity index (χ0) is 24.3. The smallest absolute Gasteiger partial charge is 0.261 e. The largest absolute Gasteiger partial charge is 0.497 e. The monoisotopic (exact) mass is 480 g/mol. The van der Waals surface area contributed by atoms with E-state index in [-0.39, 0.29) is 18.4 Å². The van der Waals surface area contributed by atoms with Crippen LogP contribution in [0.5, 0.6) is 11.5 Å². The quantitative estimate of drug-likeness (QED) is 0.438. The number of carbonyl (C=O) groups excluding carboxylic acids is 2. The fourth-order valence-corrected chi connectivity index (χ4v) is 3.61. The van der Waals surface area contributed by atoms with Crippen molar-refractivity contribution in [1.82, 2.24) is 10.2 Å². The van der Waals surface area contributed by atoms with Crippen LogP contribution in [0.2, 0.25) is 5.02 Å². The van der Waals surface area contributed by atoms with Gasteiger partial charge >= 0.3 is 0 Å². The molecule has 3 rings (SSSR count). The van der Waals surface area contributed by atoms with Gasteiger partial charge in [0.25, 0.3) is 5.91 Å². The summed E-state index contributed by atoms with van der Waals surface area (Å²) < 4.78 is 10.8. The van der Waals surface area contributed by atoms with Gasteiger partial charge in [-0.3, -0.25) is 9.59 Å². The molecule has 3 aromatic rings. The molecule has 0 heterocycles. The molecule has 1 atom stereocenters. The molecular weight excluding hydrogens is 452 g/mol. The first kappa shape index (κ1) is 25.1. The van der Waals surface area contributed by atoms with Gasteiger partial charge in [-0.05, 0) is 48.7 Å². The number of rotatable bonds is 11. The minimum absolute atomic E-state index is 0.222. The molecule has 0 saturated carbocycles. The number of halogens is 1. The molecule has 0 spiro atoms. The summed E-state index contributed by atoms with van der Waals surface area (Å²) in [5, 5.41) is 3.36. The summed E-state index contributed by atoms with van der Waals surface area (Å²) in [5.74, 6) is 0.682. The van der Waals surface area contributed by atoms with Crippen LogP contribution in [0.15, 0.2) is 78.9 Å². The summed E-state index contributed by atoms with van der Waals surface area (Å²) in [4.78, 5) is 27.5. The highest BCUT2D eigenvalue weighted by Gasteiger charge is 2.26. The highest BCUT2D eigenvalue weighted by molar-refractivity contribution is 6.32. The van der Waals surface area contributed by atoms with E-state index in [9.17, 15) is 9.59 Å². The number of ether oxygens (including phenoxy) is 2. The van der Waals surface area contributed by atoms with E-state index in [4.69, 9.17) is 21.1 Å². The average Bonchev–Trinajstić information content (AvgIpc) is 2.87. The first-order valence-corrected chi connectivity index (χ1v) is 11.5. The van der Waals surface area contributed by atoms with Gasteiger partial charge in [-0.1, -0.05) is 66.2 Å². The molecule has 178 valence electrons. The van der Waals surface area contributed by atoms with Gasteiger partial charge in [0.15, 0.2) is 6.61 Å². The first-order chi connectivity index (χ1) is 16.5. The average molecular weight is 481 g/mol. The Hall–Kier alpha value is -3.51. The van der Waals surface area contributed by atoms with Crippen LogP contribution in [0.25, 0.3) is 0 Å². The van der Waals surface area contributed by atoms with Crippen molar-refractivity contribution in [2.24, 2.45) is 0 Å². The second-order valence-electron chi connectivity index (χ2n) is 7.79. The van der Waals surface area contributed by atoms with E-state index in [0.717, 1.165) is 16.9 Å². The number of amides is 2. The van der Waals surface area contributed by atoms with Gasteiger partial charge < -0.3 is 19.7 Å². The molecule has 3 aromatic carbocycles. The van der Waals surface area contributed by atoms with Crippen LogP contribution >= 0.6 is 11.6 Å². The van der Waals surface area contributed by atoms with Gasteiger partial charge in [-0.15, -0.1) is 0 Å². The van der Waals surface area contributed by atoms with E-state index < -0.39 is 6.04 Å². The van der Waals surface area contributed by atoms with E-state index in [2.05, 4.69) is 5.32 Å². The second kappa shape index (κ2) is 12.7. The Morgan fingerprint density at radius 2 is 1.62 bits per heavy atom. The number of carbonyl (C=O) groups is 2. The minimum Gasteiger partial charge on any atom is -0.497 e. The maximum absolute atomic E-state index is 13.1. The molecule has 1 unspecified atom stereocenters. The Morgan fingerprint density at radius 3 is 2.29 bits per heavy atom. The van der Waals surface area contributed by atoms with Crippen molar-refractivity contribution < 1.29 is 19.1 Å². The lowest BCUT2D eigenvalue weighted by molar-refractivity contribution is -0.142. The molecule has 0 bridgehead atoms. The molecule has 0 aliphatic carbocycles. The third-order valence-corrected chi connectivity index (χ3v) is 5.74. The minimum atomic E-state index is -0.682. The summed E-state index contributed by atoms with van der Waals surface area (Å²) in [6.45, 7) is 2.25. The molecule has 2 amide bonds. The van der Waals surface area contributed by atoms with E-state index in [1.54, 1.807) is 38.3 Å². The zero-order valence-corrected chi connectivity index (χ0v) is 20.1. The first-order valence-electron chi connectivity index (χ1n) is 11.1. The van der Waals surface area contributed by atoms with E-state index in [0.29, 0.717) is 30.3 Å². The van der Waals surface area contributed by atoms with E-state index in [1.807, 2.05) is 54.6 Å². The van der Waals surface area contributed by atoms with Crippen LogP contribution in [0, 0.1) is 0 Å². The van der Waals surface area contributed by atoms with Crippen LogP contribution in [-0.2, 0) is 22.6 Å². The molecule has 34 heavy (non-hydrogen) atoms. The van der Waals surface area contributed by atoms with E-state index in [1.165, 1.54) is 4.90 Å². The van der Waals surface area contributed by atoms with Crippen molar-refractivity contribution in [2.45, 2.75) is 25.9 Å². The van der Waals surface area contributed by atoms with Gasteiger partial charge in [-0.25, -0.2) is 0 Å². The molecule has 0 fully saturated rings. The molecule has 0 aromatic heterocycles. The summed E-state index contributed by atoms with van der Waals surface area (Å²) in [6, 6.07) is 23.5. The highest BCUT2D eigenvalue weighted by atomic mass is 35.5. The Bertz CT molecular complexity index is 1070. The Kier molecular flexibility index (Phi) is 9.35. The SMILES string of the molecule is COc1ccc(CCNC(=O)C(C)N(Cc2ccccc2)C(=O)COc2ccccc2Cl)cc1. The third kappa shape index (κ3) is 7.25. The van der Waals surface area contributed by atoms with Crippen LogP contribution < -0.4 is 14.8 Å². The predicted molar refractivity (Wildman–Crippen MR) is 133 cm³/mol. The summed E-state index contributed by atoms with van der Waals surface area (Å²) in [6.07, 6.45) is 0.671. The lowest BCUT2D eigenvalue weighted by Crippen LogP contribution is -2.49. The van der Waals surface area contributed by atoms with Crippen LogP contribution in [0.1, 0.15) is 18.1 Å². The topological polar surface area (TPSA) is 67.9 Å². The standard InChI is InChI=1S/C27H29ClN2O4/c1-20(27(32)29-17-16-21-12-14-23(33-2)15-13-21)30(18-22-8-4-3-5-9-22)26(31)19-34-25-11-7-6-10-24(25)28/h3-15,20H,16-19H2,1-2H3,(H,29,32). The number of hydrogen-bond donors (Lipinski definition) is 1. The molecule has 0 aliphatic heterocycles. The fourth-order valence-electron chi connectivity index (χ4n) is 3.42. The van der Waals surface area contributed by atoms with Crippen molar-refractivity contribution in [1.29, 1.82) is 0 Å². The lowest BCUT2D eigenvalue weighted by Gasteiger charge is -2.28. The molecule has 0 radical (unpaired) electrons. The maximum Gasteiger partial charge on any atom is 0.261 e. The lowest BCUT2D eigenvalue weighted by atomic mass is 10.1. The zero-order valence-electron chi connectivity index (χ0n) is 19.4. The van der Waals surface area contributed by atoms with Gasteiger partial charge in [0.2, 0.25) is 5.91 Å².